The number of piperidine rings is 2. The summed E-state index contributed by atoms with van der Waals surface area (Å²) in [4.78, 5) is 2.81. The summed E-state index contributed by atoms with van der Waals surface area (Å²) in [5.41, 5.74) is 5.43. The van der Waals surface area contributed by atoms with Gasteiger partial charge in [-0.05, 0) is 62.1 Å². The van der Waals surface area contributed by atoms with E-state index < -0.39 is 0 Å². The fourth-order valence-corrected chi connectivity index (χ4v) is 6.36. The van der Waals surface area contributed by atoms with E-state index in [0.29, 0.717) is 12.0 Å². The van der Waals surface area contributed by atoms with Gasteiger partial charge in [0.25, 0.3) is 0 Å². The van der Waals surface area contributed by atoms with Crippen LogP contribution in [0.15, 0.2) is 52.9 Å². The molecule has 3 aliphatic heterocycles. The summed E-state index contributed by atoms with van der Waals surface area (Å²) in [5, 5.41) is 1.37. The van der Waals surface area contributed by atoms with Crippen molar-refractivity contribution >= 4 is 11.0 Å². The predicted molar refractivity (Wildman–Crippen MR) is 109 cm³/mol. The molecule has 5 unspecified atom stereocenters. The maximum atomic E-state index is 6.54. The topological polar surface area (TPSA) is 16.4 Å². The highest BCUT2D eigenvalue weighted by Crippen LogP contribution is 2.51. The summed E-state index contributed by atoms with van der Waals surface area (Å²) in [5.74, 6) is 3.49. The highest BCUT2D eigenvalue weighted by molar-refractivity contribution is 5.83. The minimum absolute atomic E-state index is 0.580. The van der Waals surface area contributed by atoms with Crippen LogP contribution in [0.25, 0.3) is 11.0 Å². The van der Waals surface area contributed by atoms with E-state index in [4.69, 9.17) is 4.42 Å². The molecule has 3 fully saturated rings. The molecule has 0 spiro atoms. The first-order valence-corrected chi connectivity index (χ1v) is 10.6. The second-order valence-corrected chi connectivity index (χ2v) is 9.07. The highest BCUT2D eigenvalue weighted by atomic mass is 16.3. The second-order valence-electron chi connectivity index (χ2n) is 9.07. The molecule has 2 nitrogen and oxygen atoms in total. The molecule has 2 saturated heterocycles. The first-order valence-electron chi connectivity index (χ1n) is 10.6. The van der Waals surface area contributed by atoms with Crippen molar-refractivity contribution in [3.63, 3.8) is 0 Å². The molecule has 3 aromatic rings. The van der Waals surface area contributed by atoms with Crippen molar-refractivity contribution in [2.45, 2.75) is 44.6 Å². The summed E-state index contributed by atoms with van der Waals surface area (Å²) in [6.07, 6.45) is 5.06. The van der Waals surface area contributed by atoms with E-state index in [1.807, 2.05) is 0 Å². The molecule has 138 valence electrons. The summed E-state index contributed by atoms with van der Waals surface area (Å²) in [6.45, 7) is 4.68. The Hall–Kier alpha value is -2.06. The molecule has 1 saturated carbocycles. The molecule has 0 amide bonds. The van der Waals surface area contributed by atoms with Crippen molar-refractivity contribution in [2.75, 3.05) is 13.1 Å². The van der Waals surface area contributed by atoms with Gasteiger partial charge in [-0.2, -0.15) is 0 Å². The van der Waals surface area contributed by atoms with Crippen LogP contribution < -0.4 is 0 Å². The van der Waals surface area contributed by atoms with Crippen LogP contribution in [0.4, 0.5) is 0 Å². The average Bonchev–Trinajstić information content (AvgIpc) is 2.99. The molecule has 1 aromatic heterocycles. The van der Waals surface area contributed by atoms with E-state index in [1.165, 1.54) is 60.2 Å². The minimum atomic E-state index is 0.580. The molecule has 7 rings (SSSR count). The fourth-order valence-electron chi connectivity index (χ4n) is 6.36. The van der Waals surface area contributed by atoms with Crippen LogP contribution in [0.5, 0.6) is 0 Å². The Morgan fingerprint density at radius 1 is 1.07 bits per heavy atom. The van der Waals surface area contributed by atoms with Gasteiger partial charge in [0.15, 0.2) is 0 Å². The Morgan fingerprint density at radius 3 is 2.85 bits per heavy atom. The monoisotopic (exact) mass is 357 g/mol. The average molecular weight is 357 g/mol. The first-order chi connectivity index (χ1) is 13.3. The molecule has 4 heterocycles. The van der Waals surface area contributed by atoms with Gasteiger partial charge in [0.05, 0.1) is 0 Å². The van der Waals surface area contributed by atoms with Gasteiger partial charge in [-0.3, -0.25) is 4.90 Å². The zero-order valence-electron chi connectivity index (χ0n) is 16.0. The molecule has 4 bridgehead atoms. The lowest BCUT2D eigenvalue weighted by Crippen LogP contribution is -2.56. The summed E-state index contributed by atoms with van der Waals surface area (Å²) in [7, 11) is 0. The van der Waals surface area contributed by atoms with E-state index in [0.717, 1.165) is 23.8 Å². The molecular formula is C25H27NO. The maximum Gasteiger partial charge on any atom is 0.134 e. The van der Waals surface area contributed by atoms with Crippen LogP contribution in [0.3, 0.4) is 0 Å². The van der Waals surface area contributed by atoms with E-state index in [2.05, 4.69) is 60.4 Å². The van der Waals surface area contributed by atoms with E-state index in [-0.39, 0.29) is 0 Å². The van der Waals surface area contributed by atoms with Crippen molar-refractivity contribution in [1.29, 1.82) is 0 Å². The van der Waals surface area contributed by atoms with Gasteiger partial charge < -0.3 is 4.42 Å². The second kappa shape index (κ2) is 5.97. The molecule has 5 atom stereocenters. The van der Waals surface area contributed by atoms with Crippen LogP contribution in [0.2, 0.25) is 0 Å². The third-order valence-electron chi connectivity index (χ3n) is 7.34. The van der Waals surface area contributed by atoms with Crippen molar-refractivity contribution in [3.8, 4) is 0 Å². The van der Waals surface area contributed by atoms with E-state index in [1.54, 1.807) is 0 Å². The fraction of sp³-hybridized carbons (Fsp3) is 0.440. The number of hydrogen-bond acceptors (Lipinski definition) is 2. The number of aryl methyl sites for hydroxylation is 1. The Labute approximate surface area is 161 Å². The molecule has 0 radical (unpaired) electrons. The van der Waals surface area contributed by atoms with Gasteiger partial charge in [-0.25, -0.2) is 0 Å². The number of furan rings is 1. The molecule has 0 N–H and O–H groups in total. The van der Waals surface area contributed by atoms with Gasteiger partial charge in [0, 0.05) is 36.0 Å². The normalized spacial score (nSPS) is 31.7. The lowest BCUT2D eigenvalue weighted by molar-refractivity contribution is -0.0154. The van der Waals surface area contributed by atoms with Gasteiger partial charge in [-0.1, -0.05) is 42.0 Å². The van der Waals surface area contributed by atoms with Crippen molar-refractivity contribution in [1.82, 2.24) is 4.90 Å². The zero-order valence-corrected chi connectivity index (χ0v) is 16.0. The Kier molecular flexibility index (Phi) is 3.53. The van der Waals surface area contributed by atoms with E-state index in [9.17, 15) is 0 Å². The van der Waals surface area contributed by atoms with Crippen LogP contribution in [0.1, 0.15) is 41.2 Å². The smallest absolute Gasteiger partial charge is 0.134 e. The summed E-state index contributed by atoms with van der Waals surface area (Å²) >= 11 is 0. The van der Waals surface area contributed by atoms with Gasteiger partial charge in [0.1, 0.15) is 11.3 Å². The summed E-state index contributed by atoms with van der Waals surface area (Å²) < 4.78 is 6.54. The number of rotatable bonds is 2. The lowest BCUT2D eigenvalue weighted by atomic mass is 9.65. The summed E-state index contributed by atoms with van der Waals surface area (Å²) in [6, 6.07) is 18.4. The number of nitrogens with zero attached hydrogens (tertiary/aromatic N) is 1. The Bertz CT molecular complexity index is 988. The van der Waals surface area contributed by atoms with Crippen molar-refractivity contribution < 1.29 is 4.42 Å². The molecule has 27 heavy (non-hydrogen) atoms. The highest BCUT2D eigenvalue weighted by Gasteiger charge is 2.50. The van der Waals surface area contributed by atoms with Gasteiger partial charge >= 0.3 is 0 Å². The number of fused-ring (bicyclic) bond motifs is 4. The minimum Gasteiger partial charge on any atom is -0.460 e. The van der Waals surface area contributed by atoms with Crippen LogP contribution >= 0.6 is 0 Å². The molecular weight excluding hydrogens is 330 g/mol. The van der Waals surface area contributed by atoms with Crippen molar-refractivity contribution in [2.24, 2.45) is 11.8 Å². The van der Waals surface area contributed by atoms with Crippen LogP contribution in [0, 0.1) is 18.8 Å². The lowest BCUT2D eigenvalue weighted by Gasteiger charge is -2.53. The van der Waals surface area contributed by atoms with Crippen molar-refractivity contribution in [3.05, 3.63) is 71.0 Å². The maximum absolute atomic E-state index is 6.54. The quantitative estimate of drug-likeness (QED) is 0.616. The largest absolute Gasteiger partial charge is 0.460 e. The number of hydrogen-bond donors (Lipinski definition) is 0. The Balaban J connectivity index is 1.42. The molecule has 2 heteroatoms. The van der Waals surface area contributed by atoms with E-state index >= 15 is 0 Å². The van der Waals surface area contributed by atoms with Gasteiger partial charge in [0.2, 0.25) is 0 Å². The first kappa shape index (κ1) is 15.9. The zero-order chi connectivity index (χ0) is 18.0. The SMILES string of the molecule is Cc1ccc2oc3c(c2c1)CCN1CC2CC(Cc4ccccc4)C1C3C2. The standard InChI is InChI=1S/C25H27NO/c1-16-7-8-23-21(11-16)20-9-10-26-15-18-13-19(12-17-5-3-2-4-6-17)24(26)22(14-18)25(20)27-23/h2-8,11,18-19,22,24H,9-10,12-15H2,1H3. The van der Waals surface area contributed by atoms with Crippen LogP contribution in [-0.2, 0) is 12.8 Å². The van der Waals surface area contributed by atoms with Gasteiger partial charge in [-0.15, -0.1) is 0 Å². The molecule has 1 aliphatic carbocycles. The molecule has 4 aliphatic rings. The third-order valence-corrected chi connectivity index (χ3v) is 7.34. The predicted octanol–water partition coefficient (Wildman–Crippen LogP) is 5.33. The molecule has 2 aromatic carbocycles. The van der Waals surface area contributed by atoms with Crippen LogP contribution in [-0.4, -0.2) is 24.0 Å². The number of benzene rings is 2. The Morgan fingerprint density at radius 2 is 1.96 bits per heavy atom. The third kappa shape index (κ3) is 2.50.